The van der Waals surface area contributed by atoms with Gasteiger partial charge in [-0.1, -0.05) is 28.9 Å². The van der Waals surface area contributed by atoms with E-state index in [9.17, 15) is 4.39 Å². The Kier molecular flexibility index (Phi) is 3.80. The monoisotopic (exact) mass is 305 g/mol. The highest BCUT2D eigenvalue weighted by molar-refractivity contribution is 6.31. The summed E-state index contributed by atoms with van der Waals surface area (Å²) in [6.45, 7) is 0.193. The van der Waals surface area contributed by atoms with Gasteiger partial charge in [-0.25, -0.2) is 4.39 Å². The quantitative estimate of drug-likeness (QED) is 0.682. The average Bonchev–Trinajstić information content (AvgIpc) is 2.92. The molecular formula is C16H13ClFNO2. The molecule has 0 heterocycles. The number of fused-ring (bicyclic) bond motifs is 1. The van der Waals surface area contributed by atoms with Crippen molar-refractivity contribution in [2.24, 2.45) is 5.16 Å². The number of halogens is 2. The highest BCUT2D eigenvalue weighted by Gasteiger charge is 2.21. The van der Waals surface area contributed by atoms with Crippen molar-refractivity contribution < 1.29 is 14.3 Å². The van der Waals surface area contributed by atoms with Crippen molar-refractivity contribution in [1.82, 2.24) is 0 Å². The van der Waals surface area contributed by atoms with Crippen LogP contribution in [0.15, 0.2) is 41.6 Å². The molecule has 1 aliphatic carbocycles. The molecule has 0 saturated heterocycles. The minimum atomic E-state index is -0.342. The second-order valence-electron chi connectivity index (χ2n) is 4.85. The van der Waals surface area contributed by atoms with Crippen LogP contribution in [-0.4, -0.2) is 10.9 Å². The first-order valence-corrected chi connectivity index (χ1v) is 6.97. The van der Waals surface area contributed by atoms with Crippen LogP contribution in [0.4, 0.5) is 4.39 Å². The van der Waals surface area contributed by atoms with Gasteiger partial charge >= 0.3 is 0 Å². The molecule has 0 bridgehead atoms. The molecule has 3 nitrogen and oxygen atoms in total. The summed E-state index contributed by atoms with van der Waals surface area (Å²) in [4.78, 5) is 0. The Morgan fingerprint density at radius 2 is 2.10 bits per heavy atom. The molecule has 0 aromatic heterocycles. The number of hydrogen-bond acceptors (Lipinski definition) is 3. The Labute approximate surface area is 126 Å². The van der Waals surface area contributed by atoms with Crippen LogP contribution < -0.4 is 4.74 Å². The molecule has 0 saturated carbocycles. The van der Waals surface area contributed by atoms with E-state index in [1.165, 1.54) is 18.2 Å². The van der Waals surface area contributed by atoms with Gasteiger partial charge in [0.1, 0.15) is 18.2 Å². The molecule has 0 spiro atoms. The first kappa shape index (κ1) is 13.9. The van der Waals surface area contributed by atoms with Gasteiger partial charge in [0, 0.05) is 21.7 Å². The Balaban J connectivity index is 1.84. The van der Waals surface area contributed by atoms with Gasteiger partial charge in [0.25, 0.3) is 0 Å². The van der Waals surface area contributed by atoms with Crippen molar-refractivity contribution in [1.29, 1.82) is 0 Å². The average molecular weight is 306 g/mol. The predicted molar refractivity (Wildman–Crippen MR) is 78.8 cm³/mol. The molecule has 0 unspecified atom stereocenters. The fourth-order valence-electron chi connectivity index (χ4n) is 2.52. The van der Waals surface area contributed by atoms with E-state index in [1.54, 1.807) is 0 Å². The third kappa shape index (κ3) is 2.72. The maximum absolute atomic E-state index is 13.2. The van der Waals surface area contributed by atoms with Crippen LogP contribution in [0, 0.1) is 5.82 Å². The standard InChI is InChI=1S/C16H13ClFNO2/c17-14-6-4-11(18)8-10(14)9-21-16-3-1-2-12-13(16)5-7-15(12)19-20/h1-4,6,8,20H,5,7,9H2/b19-15-. The molecule has 0 atom stereocenters. The number of oxime groups is 1. The smallest absolute Gasteiger partial charge is 0.123 e. The topological polar surface area (TPSA) is 41.8 Å². The molecule has 1 aliphatic rings. The lowest BCUT2D eigenvalue weighted by Crippen LogP contribution is -2.00. The number of ether oxygens (including phenoxy) is 1. The van der Waals surface area contributed by atoms with Gasteiger partial charge in [-0.3, -0.25) is 0 Å². The summed E-state index contributed by atoms with van der Waals surface area (Å²) in [7, 11) is 0. The summed E-state index contributed by atoms with van der Waals surface area (Å²) in [5, 5.41) is 12.7. The van der Waals surface area contributed by atoms with Crippen molar-refractivity contribution in [2.75, 3.05) is 0 Å². The van der Waals surface area contributed by atoms with Crippen molar-refractivity contribution in [3.8, 4) is 5.75 Å². The lowest BCUT2D eigenvalue weighted by atomic mass is 10.1. The van der Waals surface area contributed by atoms with E-state index in [0.29, 0.717) is 28.5 Å². The number of hydrogen-bond donors (Lipinski definition) is 1. The van der Waals surface area contributed by atoms with E-state index in [4.69, 9.17) is 21.5 Å². The predicted octanol–water partition coefficient (Wildman–Crippen LogP) is 4.18. The second-order valence-corrected chi connectivity index (χ2v) is 5.26. The van der Waals surface area contributed by atoms with Crippen LogP contribution >= 0.6 is 11.6 Å². The number of benzene rings is 2. The first-order valence-electron chi connectivity index (χ1n) is 6.59. The van der Waals surface area contributed by atoms with E-state index >= 15 is 0 Å². The van der Waals surface area contributed by atoms with E-state index in [-0.39, 0.29) is 12.4 Å². The summed E-state index contributed by atoms with van der Waals surface area (Å²) in [5.41, 5.74) is 3.18. The van der Waals surface area contributed by atoms with E-state index in [0.717, 1.165) is 17.5 Å². The molecule has 1 N–H and O–H groups in total. The minimum absolute atomic E-state index is 0.193. The third-order valence-corrected chi connectivity index (χ3v) is 3.94. The molecule has 0 fully saturated rings. The van der Waals surface area contributed by atoms with E-state index < -0.39 is 0 Å². The maximum atomic E-state index is 13.2. The second kappa shape index (κ2) is 5.74. The molecule has 2 aromatic rings. The highest BCUT2D eigenvalue weighted by Crippen LogP contribution is 2.31. The largest absolute Gasteiger partial charge is 0.489 e. The zero-order valence-electron chi connectivity index (χ0n) is 11.1. The van der Waals surface area contributed by atoms with Gasteiger partial charge in [0.15, 0.2) is 0 Å². The molecule has 0 amide bonds. The maximum Gasteiger partial charge on any atom is 0.123 e. The van der Waals surface area contributed by atoms with Crippen molar-refractivity contribution in [3.63, 3.8) is 0 Å². The van der Waals surface area contributed by atoms with E-state index in [1.807, 2.05) is 18.2 Å². The summed E-state index contributed by atoms with van der Waals surface area (Å²) < 4.78 is 19.0. The SMILES string of the molecule is O/N=C1/CCc2c(OCc3cc(F)ccc3Cl)cccc21. The Morgan fingerprint density at radius 3 is 2.90 bits per heavy atom. The van der Waals surface area contributed by atoms with Crippen molar-refractivity contribution in [3.05, 3.63) is 63.9 Å². The molecule has 2 aromatic carbocycles. The Bertz CT molecular complexity index is 715. The van der Waals surface area contributed by atoms with Gasteiger partial charge in [0.05, 0.1) is 5.71 Å². The van der Waals surface area contributed by atoms with Crippen LogP contribution in [0.1, 0.15) is 23.1 Å². The van der Waals surface area contributed by atoms with Crippen LogP contribution in [-0.2, 0) is 13.0 Å². The fraction of sp³-hybridized carbons (Fsp3) is 0.188. The lowest BCUT2D eigenvalue weighted by Gasteiger charge is -2.11. The molecular weight excluding hydrogens is 293 g/mol. The zero-order valence-corrected chi connectivity index (χ0v) is 11.9. The lowest BCUT2D eigenvalue weighted by molar-refractivity contribution is 0.303. The summed E-state index contributed by atoms with van der Waals surface area (Å²) in [6.07, 6.45) is 1.45. The molecule has 21 heavy (non-hydrogen) atoms. The molecule has 3 rings (SSSR count). The summed E-state index contributed by atoms with van der Waals surface area (Å²) in [5.74, 6) is 0.373. The highest BCUT2D eigenvalue weighted by atomic mass is 35.5. The Morgan fingerprint density at radius 1 is 1.24 bits per heavy atom. The van der Waals surface area contributed by atoms with Gasteiger partial charge in [-0.2, -0.15) is 0 Å². The zero-order chi connectivity index (χ0) is 14.8. The van der Waals surface area contributed by atoms with Crippen molar-refractivity contribution in [2.45, 2.75) is 19.4 Å². The number of rotatable bonds is 3. The fourth-order valence-corrected chi connectivity index (χ4v) is 2.69. The van der Waals surface area contributed by atoms with Gasteiger partial charge in [-0.05, 0) is 37.1 Å². The van der Waals surface area contributed by atoms with Crippen LogP contribution in [0.2, 0.25) is 5.02 Å². The molecule has 5 heteroatoms. The van der Waals surface area contributed by atoms with Crippen molar-refractivity contribution >= 4 is 17.3 Å². The first-order chi connectivity index (χ1) is 10.2. The summed E-state index contributed by atoms with van der Waals surface area (Å²) >= 11 is 6.03. The summed E-state index contributed by atoms with van der Waals surface area (Å²) in [6, 6.07) is 9.80. The minimum Gasteiger partial charge on any atom is -0.489 e. The number of nitrogens with zero attached hydrogens (tertiary/aromatic N) is 1. The van der Waals surface area contributed by atoms with Gasteiger partial charge < -0.3 is 9.94 Å². The molecule has 0 aliphatic heterocycles. The normalized spacial score (nSPS) is 15.2. The molecule has 108 valence electrons. The molecule has 0 radical (unpaired) electrons. The Hall–Kier alpha value is -2.07. The van der Waals surface area contributed by atoms with Gasteiger partial charge in [0.2, 0.25) is 0 Å². The van der Waals surface area contributed by atoms with Crippen LogP contribution in [0.25, 0.3) is 0 Å². The third-order valence-electron chi connectivity index (χ3n) is 3.57. The van der Waals surface area contributed by atoms with Gasteiger partial charge in [-0.15, -0.1) is 0 Å². The van der Waals surface area contributed by atoms with E-state index in [2.05, 4.69) is 5.16 Å². The van der Waals surface area contributed by atoms with Crippen LogP contribution in [0.5, 0.6) is 5.75 Å². The van der Waals surface area contributed by atoms with Crippen LogP contribution in [0.3, 0.4) is 0 Å².